The number of allylic oxidation sites excluding steroid dienone is 2. The second-order valence-corrected chi connectivity index (χ2v) is 4.32. The fourth-order valence-corrected chi connectivity index (χ4v) is 2.14. The van der Waals surface area contributed by atoms with Gasteiger partial charge in [-0.2, -0.15) is 0 Å². The third kappa shape index (κ3) is 1.90. The summed E-state index contributed by atoms with van der Waals surface area (Å²) in [6, 6.07) is 5.09. The molecule has 0 radical (unpaired) electrons. The average molecular weight is 255 g/mol. The monoisotopic (exact) mass is 254 g/mol. The molecule has 0 nitrogen and oxygen atoms in total. The second-order valence-electron chi connectivity index (χ2n) is 3.53. The Morgan fingerprint density at radius 1 is 1.36 bits per heavy atom. The first-order chi connectivity index (χ1) is 6.81. The summed E-state index contributed by atoms with van der Waals surface area (Å²) in [5.41, 5.74) is 3.68. The van der Waals surface area contributed by atoms with Crippen LogP contribution in [0.1, 0.15) is 24.0 Å². The van der Waals surface area contributed by atoms with E-state index in [9.17, 15) is 4.39 Å². The standard InChI is InChI=1S/C12H12BrF/c13-7-1-2-9-3-4-10-5-6-11(14)8-12(9)10/h3,5-6,8H,1-2,4,7H2. The molecular formula is C12H12BrF. The smallest absolute Gasteiger partial charge is 0.123 e. The topological polar surface area (TPSA) is 0 Å². The van der Waals surface area contributed by atoms with Crippen LogP contribution in [0.15, 0.2) is 24.3 Å². The van der Waals surface area contributed by atoms with Gasteiger partial charge in [-0.15, -0.1) is 0 Å². The molecular weight excluding hydrogens is 243 g/mol. The van der Waals surface area contributed by atoms with Crippen molar-refractivity contribution in [1.29, 1.82) is 0 Å². The van der Waals surface area contributed by atoms with Crippen LogP contribution < -0.4 is 0 Å². The van der Waals surface area contributed by atoms with E-state index in [0.717, 1.165) is 30.2 Å². The molecule has 1 aliphatic carbocycles. The van der Waals surface area contributed by atoms with Gasteiger partial charge in [-0.25, -0.2) is 4.39 Å². The predicted octanol–water partition coefficient (Wildman–Crippen LogP) is 3.94. The Morgan fingerprint density at radius 3 is 3.00 bits per heavy atom. The molecule has 14 heavy (non-hydrogen) atoms. The first-order valence-electron chi connectivity index (χ1n) is 4.85. The van der Waals surface area contributed by atoms with Gasteiger partial charge in [0, 0.05) is 5.33 Å². The molecule has 0 bridgehead atoms. The van der Waals surface area contributed by atoms with Crippen molar-refractivity contribution >= 4 is 21.5 Å². The van der Waals surface area contributed by atoms with E-state index in [1.807, 2.05) is 6.07 Å². The lowest BCUT2D eigenvalue weighted by molar-refractivity contribution is 0.627. The van der Waals surface area contributed by atoms with E-state index in [2.05, 4.69) is 22.0 Å². The number of hydrogen-bond donors (Lipinski definition) is 0. The van der Waals surface area contributed by atoms with E-state index in [0.29, 0.717) is 0 Å². The highest BCUT2D eigenvalue weighted by molar-refractivity contribution is 9.09. The highest BCUT2D eigenvalue weighted by Gasteiger charge is 2.13. The molecule has 74 valence electrons. The minimum absolute atomic E-state index is 0.129. The van der Waals surface area contributed by atoms with Gasteiger partial charge in [0.05, 0.1) is 0 Å². The Hall–Kier alpha value is -0.630. The summed E-state index contributed by atoms with van der Waals surface area (Å²) in [7, 11) is 0. The highest BCUT2D eigenvalue weighted by Crippen LogP contribution is 2.31. The van der Waals surface area contributed by atoms with Crippen molar-refractivity contribution in [2.75, 3.05) is 5.33 Å². The highest BCUT2D eigenvalue weighted by atomic mass is 79.9. The molecule has 0 fully saturated rings. The summed E-state index contributed by atoms with van der Waals surface area (Å²) in [6.07, 6.45) is 5.34. The molecule has 0 spiro atoms. The summed E-state index contributed by atoms with van der Waals surface area (Å²) < 4.78 is 13.0. The Labute approximate surface area is 92.0 Å². The van der Waals surface area contributed by atoms with E-state index in [1.165, 1.54) is 11.1 Å². The van der Waals surface area contributed by atoms with Gasteiger partial charge in [0.15, 0.2) is 0 Å². The molecule has 1 aromatic carbocycles. The molecule has 0 unspecified atom stereocenters. The van der Waals surface area contributed by atoms with Gasteiger partial charge >= 0.3 is 0 Å². The summed E-state index contributed by atoms with van der Waals surface area (Å²) >= 11 is 3.41. The van der Waals surface area contributed by atoms with Crippen molar-refractivity contribution in [3.05, 3.63) is 41.2 Å². The number of alkyl halides is 1. The van der Waals surface area contributed by atoms with Crippen LogP contribution in [0, 0.1) is 5.82 Å². The zero-order valence-corrected chi connectivity index (χ0v) is 9.48. The molecule has 2 rings (SSSR count). The minimum Gasteiger partial charge on any atom is -0.207 e. The predicted molar refractivity (Wildman–Crippen MR) is 61.1 cm³/mol. The number of benzene rings is 1. The number of halogens is 2. The lowest BCUT2D eigenvalue weighted by Gasteiger charge is -2.04. The maximum absolute atomic E-state index is 13.0. The molecule has 0 aliphatic heterocycles. The number of fused-ring (bicyclic) bond motifs is 1. The lowest BCUT2D eigenvalue weighted by atomic mass is 10.0. The average Bonchev–Trinajstić information content (AvgIpc) is 2.57. The lowest BCUT2D eigenvalue weighted by Crippen LogP contribution is -1.87. The maximum atomic E-state index is 13.0. The second kappa shape index (κ2) is 4.26. The summed E-state index contributed by atoms with van der Waals surface area (Å²) in [5.74, 6) is -0.129. The van der Waals surface area contributed by atoms with Gasteiger partial charge < -0.3 is 0 Å². The van der Waals surface area contributed by atoms with E-state index in [-0.39, 0.29) is 5.82 Å². The molecule has 0 heterocycles. The van der Waals surface area contributed by atoms with Crippen LogP contribution in [0.5, 0.6) is 0 Å². The number of hydrogen-bond acceptors (Lipinski definition) is 0. The van der Waals surface area contributed by atoms with Crippen LogP contribution in [-0.2, 0) is 6.42 Å². The zero-order valence-electron chi connectivity index (χ0n) is 7.89. The van der Waals surface area contributed by atoms with Crippen LogP contribution in [0.4, 0.5) is 4.39 Å². The van der Waals surface area contributed by atoms with E-state index >= 15 is 0 Å². The van der Waals surface area contributed by atoms with Crippen LogP contribution >= 0.6 is 15.9 Å². The van der Waals surface area contributed by atoms with Gasteiger partial charge in [0.1, 0.15) is 5.82 Å². The van der Waals surface area contributed by atoms with E-state index in [4.69, 9.17) is 0 Å². The van der Waals surface area contributed by atoms with Gasteiger partial charge in [-0.05, 0) is 48.1 Å². The molecule has 0 atom stereocenters. The van der Waals surface area contributed by atoms with Crippen LogP contribution in [0.25, 0.3) is 5.57 Å². The Morgan fingerprint density at radius 2 is 2.21 bits per heavy atom. The first-order valence-corrected chi connectivity index (χ1v) is 5.97. The van der Waals surface area contributed by atoms with Crippen LogP contribution in [-0.4, -0.2) is 5.33 Å². The third-order valence-electron chi connectivity index (χ3n) is 2.57. The van der Waals surface area contributed by atoms with Crippen molar-refractivity contribution in [1.82, 2.24) is 0 Å². The Balaban J connectivity index is 2.22. The zero-order chi connectivity index (χ0) is 9.97. The normalized spacial score (nSPS) is 14.0. The quantitative estimate of drug-likeness (QED) is 0.717. The van der Waals surface area contributed by atoms with Gasteiger partial charge in [0.25, 0.3) is 0 Å². The molecule has 0 saturated carbocycles. The molecule has 1 aliphatic rings. The van der Waals surface area contributed by atoms with E-state index < -0.39 is 0 Å². The van der Waals surface area contributed by atoms with Crippen molar-refractivity contribution in [3.63, 3.8) is 0 Å². The van der Waals surface area contributed by atoms with Crippen molar-refractivity contribution in [2.45, 2.75) is 19.3 Å². The van der Waals surface area contributed by atoms with Crippen molar-refractivity contribution < 1.29 is 4.39 Å². The molecule has 2 heteroatoms. The van der Waals surface area contributed by atoms with Crippen molar-refractivity contribution in [2.24, 2.45) is 0 Å². The molecule has 0 aromatic heterocycles. The molecule has 0 saturated heterocycles. The number of rotatable bonds is 3. The van der Waals surface area contributed by atoms with Gasteiger partial charge in [-0.3, -0.25) is 0 Å². The van der Waals surface area contributed by atoms with E-state index in [1.54, 1.807) is 12.1 Å². The molecule has 1 aromatic rings. The SMILES string of the molecule is Fc1ccc2c(c1)C(CCCBr)=CC2. The fourth-order valence-electron chi connectivity index (χ4n) is 1.86. The summed E-state index contributed by atoms with van der Waals surface area (Å²) in [6.45, 7) is 0. The molecule has 0 amide bonds. The Kier molecular flexibility index (Phi) is 3.02. The minimum atomic E-state index is -0.129. The maximum Gasteiger partial charge on any atom is 0.123 e. The Bertz CT molecular complexity index is 369. The summed E-state index contributed by atoms with van der Waals surface area (Å²) in [5, 5.41) is 1.01. The molecule has 0 N–H and O–H groups in total. The van der Waals surface area contributed by atoms with Crippen LogP contribution in [0.2, 0.25) is 0 Å². The van der Waals surface area contributed by atoms with Crippen molar-refractivity contribution in [3.8, 4) is 0 Å². The van der Waals surface area contributed by atoms with Gasteiger partial charge in [0.2, 0.25) is 0 Å². The first kappa shape index (κ1) is 9.91. The third-order valence-corrected chi connectivity index (χ3v) is 3.13. The largest absolute Gasteiger partial charge is 0.207 e. The fraction of sp³-hybridized carbons (Fsp3) is 0.333. The van der Waals surface area contributed by atoms with Crippen LogP contribution in [0.3, 0.4) is 0 Å². The summed E-state index contributed by atoms with van der Waals surface area (Å²) in [4.78, 5) is 0. The van der Waals surface area contributed by atoms with Gasteiger partial charge in [-0.1, -0.05) is 28.1 Å².